The first-order valence-electron chi connectivity index (χ1n) is 7.36. The first kappa shape index (κ1) is 15.8. The van der Waals surface area contributed by atoms with Crippen LogP contribution in [0.25, 0.3) is 0 Å². The number of carboxylic acid groups (broad SMARTS) is 1. The Labute approximate surface area is 125 Å². The smallest absolute Gasteiger partial charge is 0.326 e. The number of rotatable bonds is 1. The van der Waals surface area contributed by atoms with Crippen LogP contribution in [0.1, 0.15) is 33.6 Å². The predicted octanol–water partition coefficient (Wildman–Crippen LogP) is 1.30. The van der Waals surface area contributed by atoms with Crippen molar-refractivity contribution in [2.45, 2.75) is 45.8 Å². The lowest BCUT2D eigenvalue weighted by atomic mass is 9.83. The van der Waals surface area contributed by atoms with E-state index < -0.39 is 18.1 Å². The summed E-state index contributed by atoms with van der Waals surface area (Å²) >= 11 is 0. The summed E-state index contributed by atoms with van der Waals surface area (Å²) in [5, 5.41) is 18.8. The van der Waals surface area contributed by atoms with Crippen LogP contribution in [0, 0.1) is 5.41 Å². The van der Waals surface area contributed by atoms with Crippen LogP contribution in [0.4, 0.5) is 4.79 Å². The highest BCUT2D eigenvalue weighted by Crippen LogP contribution is 2.30. The molecule has 2 aliphatic heterocycles. The third-order valence-electron chi connectivity index (χ3n) is 4.25. The van der Waals surface area contributed by atoms with Crippen molar-refractivity contribution in [3.63, 3.8) is 0 Å². The Morgan fingerprint density at radius 2 is 2.00 bits per heavy atom. The van der Waals surface area contributed by atoms with E-state index in [9.17, 15) is 14.7 Å². The quantitative estimate of drug-likeness (QED) is 0.715. The molecule has 1 unspecified atom stereocenters. The molecule has 2 N–H and O–H groups in total. The number of β-amino-alcohol motifs (C(OH)–C–C–N with tert-alkyl or cyclic N) is 1. The molecule has 2 amide bonds. The number of hydrogen-bond acceptors (Lipinski definition) is 3. The highest BCUT2D eigenvalue weighted by atomic mass is 16.4. The van der Waals surface area contributed by atoms with Crippen LogP contribution in [-0.2, 0) is 4.79 Å². The second-order valence-electron chi connectivity index (χ2n) is 6.85. The fourth-order valence-electron chi connectivity index (χ4n) is 2.97. The van der Waals surface area contributed by atoms with Crippen LogP contribution in [0.3, 0.4) is 0 Å². The minimum atomic E-state index is -1.05. The Hall–Kier alpha value is -1.56. The van der Waals surface area contributed by atoms with Gasteiger partial charge in [0.25, 0.3) is 0 Å². The number of urea groups is 1. The molecular weight excluding hydrogens is 272 g/mol. The molecule has 6 nitrogen and oxygen atoms in total. The molecule has 0 spiro atoms. The van der Waals surface area contributed by atoms with Crippen molar-refractivity contribution in [1.82, 2.24) is 9.80 Å². The number of carboxylic acids is 1. The lowest BCUT2D eigenvalue weighted by Gasteiger charge is -2.35. The van der Waals surface area contributed by atoms with Gasteiger partial charge < -0.3 is 20.0 Å². The van der Waals surface area contributed by atoms with E-state index in [1.54, 1.807) is 4.90 Å². The van der Waals surface area contributed by atoms with Gasteiger partial charge in [0.15, 0.2) is 0 Å². The molecule has 0 aromatic carbocycles. The molecule has 21 heavy (non-hydrogen) atoms. The number of amides is 2. The monoisotopic (exact) mass is 296 g/mol. The SMILES string of the molecule is CC(C)(C)C1=CCN(C(=O)N2CC(O)C[C@H]2C(=O)O)CC1. The van der Waals surface area contributed by atoms with E-state index >= 15 is 0 Å². The van der Waals surface area contributed by atoms with Gasteiger partial charge in [0.1, 0.15) is 6.04 Å². The van der Waals surface area contributed by atoms with Crippen LogP contribution >= 0.6 is 0 Å². The maximum atomic E-state index is 12.5. The predicted molar refractivity (Wildman–Crippen MR) is 77.9 cm³/mol. The van der Waals surface area contributed by atoms with Crippen molar-refractivity contribution < 1.29 is 19.8 Å². The van der Waals surface area contributed by atoms with Crippen molar-refractivity contribution in [3.05, 3.63) is 11.6 Å². The molecule has 0 aliphatic carbocycles. The molecule has 0 saturated carbocycles. The van der Waals surface area contributed by atoms with Gasteiger partial charge in [-0.25, -0.2) is 9.59 Å². The van der Waals surface area contributed by atoms with Gasteiger partial charge >= 0.3 is 12.0 Å². The molecule has 0 radical (unpaired) electrons. The maximum absolute atomic E-state index is 12.5. The molecule has 2 heterocycles. The molecule has 1 saturated heterocycles. The van der Waals surface area contributed by atoms with E-state index in [-0.39, 0.29) is 24.4 Å². The van der Waals surface area contributed by atoms with E-state index in [0.717, 1.165) is 6.42 Å². The summed E-state index contributed by atoms with van der Waals surface area (Å²) in [5.74, 6) is -1.05. The van der Waals surface area contributed by atoms with Crippen LogP contribution in [0.2, 0.25) is 0 Å². The van der Waals surface area contributed by atoms with Gasteiger partial charge in [-0.1, -0.05) is 32.4 Å². The molecule has 118 valence electrons. The normalized spacial score (nSPS) is 26.8. The third-order valence-corrected chi connectivity index (χ3v) is 4.25. The lowest BCUT2D eigenvalue weighted by Crippen LogP contribution is -2.49. The molecule has 2 aliphatic rings. The molecule has 6 heteroatoms. The van der Waals surface area contributed by atoms with E-state index in [4.69, 9.17) is 5.11 Å². The number of carbonyl (C=O) groups is 2. The summed E-state index contributed by atoms with van der Waals surface area (Å²) in [4.78, 5) is 26.6. The number of carbonyl (C=O) groups excluding carboxylic acids is 1. The molecule has 2 rings (SSSR count). The summed E-state index contributed by atoms with van der Waals surface area (Å²) in [6.07, 6.45) is 2.23. The number of likely N-dealkylation sites (tertiary alicyclic amines) is 1. The average molecular weight is 296 g/mol. The fourth-order valence-corrected chi connectivity index (χ4v) is 2.97. The van der Waals surface area contributed by atoms with Gasteiger partial charge in [0.05, 0.1) is 6.10 Å². The molecule has 2 atom stereocenters. The standard InChI is InChI=1S/C15H24N2O4/c1-15(2,3)10-4-6-16(7-5-10)14(21)17-9-11(18)8-12(17)13(19)20/h4,11-12,18H,5-9H2,1-3H3,(H,19,20)/t11?,12-/m0/s1. The summed E-state index contributed by atoms with van der Waals surface area (Å²) in [6.45, 7) is 7.64. The first-order chi connectivity index (χ1) is 9.70. The molecule has 1 fully saturated rings. The van der Waals surface area contributed by atoms with E-state index in [1.807, 2.05) is 0 Å². The Morgan fingerprint density at radius 3 is 2.48 bits per heavy atom. The van der Waals surface area contributed by atoms with Crippen LogP contribution in [0.5, 0.6) is 0 Å². The zero-order chi connectivity index (χ0) is 15.8. The Bertz CT molecular complexity index is 467. The highest BCUT2D eigenvalue weighted by Gasteiger charge is 2.40. The number of aliphatic hydroxyl groups is 1. The second kappa shape index (κ2) is 5.67. The molecule has 0 bridgehead atoms. The van der Waals surface area contributed by atoms with Gasteiger partial charge in [0, 0.05) is 26.1 Å². The number of aliphatic carboxylic acids is 1. The number of nitrogens with zero attached hydrogens (tertiary/aromatic N) is 2. The maximum Gasteiger partial charge on any atom is 0.326 e. The van der Waals surface area contributed by atoms with E-state index in [0.29, 0.717) is 13.1 Å². The van der Waals surface area contributed by atoms with Crippen LogP contribution in [-0.4, -0.2) is 63.8 Å². The van der Waals surface area contributed by atoms with Crippen molar-refractivity contribution in [2.75, 3.05) is 19.6 Å². The Morgan fingerprint density at radius 1 is 1.33 bits per heavy atom. The average Bonchev–Trinajstić information content (AvgIpc) is 2.79. The first-order valence-corrected chi connectivity index (χ1v) is 7.36. The van der Waals surface area contributed by atoms with E-state index in [2.05, 4.69) is 26.8 Å². The van der Waals surface area contributed by atoms with Gasteiger partial charge in [-0.15, -0.1) is 0 Å². The fraction of sp³-hybridized carbons (Fsp3) is 0.733. The number of aliphatic hydroxyl groups excluding tert-OH is 1. The Kier molecular flexibility index (Phi) is 4.27. The molecule has 0 aromatic heterocycles. The summed E-state index contributed by atoms with van der Waals surface area (Å²) in [6, 6.07) is -1.20. The lowest BCUT2D eigenvalue weighted by molar-refractivity contribution is -0.141. The summed E-state index contributed by atoms with van der Waals surface area (Å²) < 4.78 is 0. The van der Waals surface area contributed by atoms with Crippen molar-refractivity contribution in [1.29, 1.82) is 0 Å². The second-order valence-corrected chi connectivity index (χ2v) is 6.85. The van der Waals surface area contributed by atoms with Gasteiger partial charge in [0.2, 0.25) is 0 Å². The van der Waals surface area contributed by atoms with Crippen molar-refractivity contribution in [2.24, 2.45) is 5.41 Å². The van der Waals surface area contributed by atoms with Gasteiger partial charge in [-0.2, -0.15) is 0 Å². The summed E-state index contributed by atoms with van der Waals surface area (Å²) in [5.41, 5.74) is 1.42. The van der Waals surface area contributed by atoms with Gasteiger partial charge in [-0.05, 0) is 11.8 Å². The topological polar surface area (TPSA) is 81.1 Å². The molecular formula is C15H24N2O4. The van der Waals surface area contributed by atoms with Crippen molar-refractivity contribution >= 4 is 12.0 Å². The summed E-state index contributed by atoms with van der Waals surface area (Å²) in [7, 11) is 0. The van der Waals surface area contributed by atoms with Crippen LogP contribution in [0.15, 0.2) is 11.6 Å². The van der Waals surface area contributed by atoms with Crippen molar-refractivity contribution in [3.8, 4) is 0 Å². The Balaban J connectivity index is 2.05. The van der Waals surface area contributed by atoms with Crippen LogP contribution < -0.4 is 0 Å². The highest BCUT2D eigenvalue weighted by molar-refractivity contribution is 5.83. The third kappa shape index (κ3) is 3.37. The van der Waals surface area contributed by atoms with Gasteiger partial charge in [-0.3, -0.25) is 0 Å². The minimum absolute atomic E-state index is 0.0993. The minimum Gasteiger partial charge on any atom is -0.480 e. The molecule has 0 aromatic rings. The largest absolute Gasteiger partial charge is 0.480 e. The zero-order valence-electron chi connectivity index (χ0n) is 12.9. The zero-order valence-corrected chi connectivity index (χ0v) is 12.9. The number of hydrogen-bond donors (Lipinski definition) is 2. The van der Waals surface area contributed by atoms with E-state index in [1.165, 1.54) is 10.5 Å².